The zero-order valence-electron chi connectivity index (χ0n) is 7.01. The van der Waals surface area contributed by atoms with Crippen molar-refractivity contribution >= 4 is 5.91 Å². The minimum absolute atomic E-state index is 0.00890. The van der Waals surface area contributed by atoms with E-state index < -0.39 is 6.04 Å². The van der Waals surface area contributed by atoms with E-state index in [1.54, 1.807) is 0 Å². The standard InChI is InChI=1S/C8H11NO4/c10-2-1-6-5(4-11)9-7(12)3-8(9)13-6/h1,5,8,10-11H,2-4H2/b6-1-/t5-,8+/m0/s1. The molecule has 2 aliphatic heterocycles. The SMILES string of the molecule is O=C1C[C@H]2O/C(=C\CO)[C@H](CO)N12. The lowest BCUT2D eigenvalue weighted by atomic mass is 10.1. The summed E-state index contributed by atoms with van der Waals surface area (Å²) in [6, 6.07) is -0.390. The predicted octanol–water partition coefficient (Wildman–Crippen LogP) is -1.19. The lowest BCUT2D eigenvalue weighted by molar-refractivity contribution is -0.157. The van der Waals surface area contributed by atoms with Crippen LogP contribution in [-0.2, 0) is 9.53 Å². The van der Waals surface area contributed by atoms with E-state index in [2.05, 4.69) is 0 Å². The van der Waals surface area contributed by atoms with Crippen LogP contribution < -0.4 is 0 Å². The first-order chi connectivity index (χ1) is 6.27. The number of nitrogens with zero attached hydrogens (tertiary/aromatic N) is 1. The smallest absolute Gasteiger partial charge is 0.231 e. The molecular formula is C8H11NO4. The molecule has 0 aromatic heterocycles. The number of hydrogen-bond acceptors (Lipinski definition) is 4. The van der Waals surface area contributed by atoms with Crippen LogP contribution in [0.4, 0.5) is 0 Å². The molecule has 2 heterocycles. The van der Waals surface area contributed by atoms with Crippen LogP contribution in [0, 0.1) is 0 Å². The van der Waals surface area contributed by atoms with E-state index in [0.717, 1.165) is 0 Å². The van der Waals surface area contributed by atoms with Gasteiger partial charge in [-0.1, -0.05) is 0 Å². The van der Waals surface area contributed by atoms with Crippen molar-refractivity contribution < 1.29 is 19.7 Å². The van der Waals surface area contributed by atoms with Crippen LogP contribution in [0.1, 0.15) is 6.42 Å². The fourth-order valence-electron chi connectivity index (χ4n) is 1.70. The van der Waals surface area contributed by atoms with E-state index in [1.807, 2.05) is 0 Å². The van der Waals surface area contributed by atoms with Gasteiger partial charge in [0.05, 0.1) is 19.6 Å². The van der Waals surface area contributed by atoms with Gasteiger partial charge < -0.3 is 14.9 Å². The summed E-state index contributed by atoms with van der Waals surface area (Å²) < 4.78 is 5.32. The third kappa shape index (κ3) is 1.12. The van der Waals surface area contributed by atoms with Crippen LogP contribution in [0.25, 0.3) is 0 Å². The van der Waals surface area contributed by atoms with Gasteiger partial charge in [-0.15, -0.1) is 0 Å². The molecule has 5 heteroatoms. The molecule has 72 valence electrons. The number of amides is 1. The Balaban J connectivity index is 2.17. The molecule has 2 aliphatic rings. The van der Waals surface area contributed by atoms with E-state index in [1.165, 1.54) is 11.0 Å². The van der Waals surface area contributed by atoms with Crippen LogP contribution in [-0.4, -0.2) is 46.5 Å². The second-order valence-electron chi connectivity index (χ2n) is 3.07. The van der Waals surface area contributed by atoms with E-state index >= 15 is 0 Å². The summed E-state index contributed by atoms with van der Waals surface area (Å²) in [5.41, 5.74) is 0. The molecule has 2 atom stereocenters. The highest BCUT2D eigenvalue weighted by molar-refractivity contribution is 5.84. The molecule has 13 heavy (non-hydrogen) atoms. The molecule has 5 nitrogen and oxygen atoms in total. The maximum atomic E-state index is 11.1. The molecule has 0 spiro atoms. The normalized spacial score (nSPS) is 34.5. The zero-order valence-corrected chi connectivity index (χ0v) is 7.01. The van der Waals surface area contributed by atoms with Gasteiger partial charge in [0, 0.05) is 0 Å². The lowest BCUT2D eigenvalue weighted by Gasteiger charge is -2.34. The van der Waals surface area contributed by atoms with Gasteiger partial charge in [0.15, 0.2) is 6.23 Å². The Hall–Kier alpha value is -1.07. The summed E-state index contributed by atoms with van der Waals surface area (Å²) in [7, 11) is 0. The van der Waals surface area contributed by atoms with Gasteiger partial charge in [0.1, 0.15) is 11.8 Å². The van der Waals surface area contributed by atoms with Crippen molar-refractivity contribution in [3.8, 4) is 0 Å². The van der Waals surface area contributed by atoms with Crippen LogP contribution in [0.5, 0.6) is 0 Å². The topological polar surface area (TPSA) is 70.0 Å². The molecule has 0 aromatic carbocycles. The Kier molecular flexibility index (Phi) is 1.97. The molecule has 1 amide bonds. The third-order valence-electron chi connectivity index (χ3n) is 2.35. The molecule has 2 rings (SSSR count). The van der Waals surface area contributed by atoms with E-state index in [9.17, 15) is 4.79 Å². The zero-order chi connectivity index (χ0) is 9.42. The molecule has 0 radical (unpaired) electrons. The number of ether oxygens (including phenoxy) is 1. The molecule has 0 saturated carbocycles. The van der Waals surface area contributed by atoms with Crippen LogP contribution in [0.3, 0.4) is 0 Å². The quantitative estimate of drug-likeness (QED) is 0.531. The average molecular weight is 185 g/mol. The summed E-state index contributed by atoms with van der Waals surface area (Å²) in [5, 5.41) is 17.7. The van der Waals surface area contributed by atoms with E-state index in [-0.39, 0.29) is 25.3 Å². The van der Waals surface area contributed by atoms with Gasteiger partial charge in [-0.25, -0.2) is 0 Å². The molecule has 2 saturated heterocycles. The van der Waals surface area contributed by atoms with Crippen LogP contribution in [0.2, 0.25) is 0 Å². The van der Waals surface area contributed by atoms with Crippen molar-refractivity contribution in [2.75, 3.05) is 13.2 Å². The summed E-state index contributed by atoms with van der Waals surface area (Å²) in [6.07, 6.45) is 1.63. The fourth-order valence-corrected chi connectivity index (χ4v) is 1.70. The second-order valence-corrected chi connectivity index (χ2v) is 3.07. The fraction of sp³-hybridized carbons (Fsp3) is 0.625. The van der Waals surface area contributed by atoms with Gasteiger partial charge in [-0.05, 0) is 6.08 Å². The first kappa shape index (κ1) is 8.52. The Labute approximate surface area is 75.2 Å². The van der Waals surface area contributed by atoms with Crippen molar-refractivity contribution in [1.82, 2.24) is 4.90 Å². The maximum Gasteiger partial charge on any atom is 0.231 e. The summed E-state index contributed by atoms with van der Waals surface area (Å²) in [6.45, 7) is -0.297. The minimum Gasteiger partial charge on any atom is -0.472 e. The van der Waals surface area contributed by atoms with Crippen molar-refractivity contribution in [3.63, 3.8) is 0 Å². The third-order valence-corrected chi connectivity index (χ3v) is 2.35. The lowest BCUT2D eigenvalue weighted by Crippen LogP contribution is -2.53. The molecular weight excluding hydrogens is 174 g/mol. The van der Waals surface area contributed by atoms with Gasteiger partial charge in [-0.2, -0.15) is 0 Å². The number of carbonyl (C=O) groups is 1. The highest BCUT2D eigenvalue weighted by Gasteiger charge is 2.49. The number of aliphatic hydroxyl groups excluding tert-OH is 2. The summed E-state index contributed by atoms with van der Waals surface area (Å²) in [4.78, 5) is 12.6. The molecule has 0 aromatic rings. The summed E-state index contributed by atoms with van der Waals surface area (Å²) in [5.74, 6) is 0.492. The Morgan fingerprint density at radius 2 is 2.38 bits per heavy atom. The maximum absolute atomic E-state index is 11.1. The van der Waals surface area contributed by atoms with Gasteiger partial charge >= 0.3 is 0 Å². The molecule has 0 aliphatic carbocycles. The van der Waals surface area contributed by atoms with Crippen molar-refractivity contribution in [2.24, 2.45) is 0 Å². The van der Waals surface area contributed by atoms with Gasteiger partial charge in [0.25, 0.3) is 0 Å². The minimum atomic E-state index is -0.390. The Bertz CT molecular complexity index is 263. The molecule has 0 bridgehead atoms. The van der Waals surface area contributed by atoms with Crippen molar-refractivity contribution in [1.29, 1.82) is 0 Å². The molecule has 2 N–H and O–H groups in total. The van der Waals surface area contributed by atoms with Crippen molar-refractivity contribution in [2.45, 2.75) is 18.7 Å². The van der Waals surface area contributed by atoms with Crippen LogP contribution >= 0.6 is 0 Å². The number of hydrogen-bond donors (Lipinski definition) is 2. The molecule has 2 fully saturated rings. The number of rotatable bonds is 2. The Morgan fingerprint density at radius 3 is 2.92 bits per heavy atom. The second kappa shape index (κ2) is 3.01. The van der Waals surface area contributed by atoms with E-state index in [4.69, 9.17) is 14.9 Å². The highest BCUT2D eigenvalue weighted by Crippen LogP contribution is 2.35. The highest BCUT2D eigenvalue weighted by atomic mass is 16.5. The first-order valence-electron chi connectivity index (χ1n) is 4.17. The largest absolute Gasteiger partial charge is 0.472 e. The average Bonchev–Trinajstić information content (AvgIpc) is 2.38. The van der Waals surface area contributed by atoms with E-state index in [0.29, 0.717) is 12.2 Å². The monoisotopic (exact) mass is 185 g/mol. The molecule has 0 unspecified atom stereocenters. The number of β-lactam (4-membered cyclic amide) rings is 1. The number of fused-ring (bicyclic) bond motifs is 1. The van der Waals surface area contributed by atoms with Gasteiger partial charge in [-0.3, -0.25) is 9.69 Å². The summed E-state index contributed by atoms with van der Waals surface area (Å²) >= 11 is 0. The Morgan fingerprint density at radius 1 is 1.62 bits per heavy atom. The first-order valence-corrected chi connectivity index (χ1v) is 4.17. The predicted molar refractivity (Wildman–Crippen MR) is 42.4 cm³/mol. The van der Waals surface area contributed by atoms with Gasteiger partial charge in [0.2, 0.25) is 5.91 Å². The van der Waals surface area contributed by atoms with Crippen molar-refractivity contribution in [3.05, 3.63) is 11.8 Å². The number of carbonyl (C=O) groups excluding carboxylic acids is 1. The number of aliphatic hydroxyl groups is 2. The van der Waals surface area contributed by atoms with Crippen LogP contribution in [0.15, 0.2) is 11.8 Å².